The number of ether oxygens (including phenoxy) is 5. The molecule has 0 aromatic heterocycles. The molecule has 2 heterocycles. The average Bonchev–Trinajstić information content (AvgIpc) is 3.62. The van der Waals surface area contributed by atoms with Gasteiger partial charge in [-0.2, -0.15) is 0 Å². The van der Waals surface area contributed by atoms with E-state index < -0.39 is 58.1 Å². The van der Waals surface area contributed by atoms with Crippen LogP contribution in [0.2, 0.25) is 0 Å². The molecule has 334 valence electrons. The van der Waals surface area contributed by atoms with Gasteiger partial charge in [-0.15, -0.1) is 0 Å². The monoisotopic (exact) mass is 902 g/mol. The van der Waals surface area contributed by atoms with Crippen LogP contribution in [0.3, 0.4) is 0 Å². The van der Waals surface area contributed by atoms with Gasteiger partial charge >= 0.3 is 7.60 Å². The number of fused-ring (bicyclic) bond motifs is 1. The van der Waals surface area contributed by atoms with Crippen LogP contribution in [0.25, 0.3) is 0 Å². The Bertz CT molecular complexity index is 2460. The topological polar surface area (TPSA) is 116 Å². The highest BCUT2D eigenvalue weighted by atomic mass is 32.2. The second-order valence-corrected chi connectivity index (χ2v) is 21.1. The molecule has 6 atom stereocenters. The SMILES string of the molecule is CC1(C)O[C@@H]2[C@@H](O1)[C@@H](OCc1ccccc1)[C@@H](Cc1ccc(OCP(=O)(OCc3ccccc3)OCc3ccccc3)cc1)S(=O)(=O)[C@H](Cc1ccccc1)[C@@H]2OCc1ccccc1. The fourth-order valence-electron chi connectivity index (χ4n) is 8.31. The first-order valence-corrected chi connectivity index (χ1v) is 25.0. The highest BCUT2D eigenvalue weighted by Gasteiger charge is 2.60. The standard InChI is InChI=1S/C52H55O10PS/c1-52(2)61-50-48(56-34-41-20-10-4-11-21-41)46(32-39-18-8-3-9-19-39)64(54,55)47(49(51(50)62-52)57-35-42-22-12-5-13-23-42)33-40-28-30-45(31-29-40)58-38-63(53,59-36-43-24-14-6-15-25-43)60-37-44-26-16-7-17-27-44/h3-31,46-51H,32-38H2,1-2H3/t46-,47-,48+,49+,50+,51+/m1/s1. The number of hydrogen-bond donors (Lipinski definition) is 0. The van der Waals surface area contributed by atoms with Crippen LogP contribution in [0, 0.1) is 0 Å². The molecule has 0 aliphatic carbocycles. The highest BCUT2D eigenvalue weighted by molar-refractivity contribution is 7.92. The van der Waals surface area contributed by atoms with E-state index in [1.165, 1.54) is 0 Å². The van der Waals surface area contributed by atoms with Crippen LogP contribution in [-0.4, -0.2) is 55.5 Å². The van der Waals surface area contributed by atoms with Crippen molar-refractivity contribution in [3.8, 4) is 5.75 Å². The van der Waals surface area contributed by atoms with Crippen molar-refractivity contribution in [2.45, 2.75) is 93.8 Å². The summed E-state index contributed by atoms with van der Waals surface area (Å²) in [6.07, 6.45) is -3.43. The Labute approximate surface area is 376 Å². The summed E-state index contributed by atoms with van der Waals surface area (Å²) < 4.78 is 90.2. The summed E-state index contributed by atoms with van der Waals surface area (Å²) in [5.41, 5.74) is 5.10. The maximum Gasteiger partial charge on any atom is 0.368 e. The van der Waals surface area contributed by atoms with Crippen LogP contribution in [0.1, 0.15) is 47.2 Å². The van der Waals surface area contributed by atoms with E-state index in [1.54, 1.807) is 12.1 Å². The van der Waals surface area contributed by atoms with E-state index in [1.807, 2.05) is 178 Å². The molecule has 8 rings (SSSR count). The quantitative estimate of drug-likeness (QED) is 0.0728. The zero-order chi connectivity index (χ0) is 44.4. The second kappa shape index (κ2) is 20.9. The van der Waals surface area contributed by atoms with E-state index in [0.29, 0.717) is 5.75 Å². The molecule has 12 heteroatoms. The van der Waals surface area contributed by atoms with E-state index >= 15 is 8.42 Å². The largest absolute Gasteiger partial charge is 0.481 e. The molecule has 0 radical (unpaired) electrons. The Morgan fingerprint density at radius 1 is 0.484 bits per heavy atom. The van der Waals surface area contributed by atoms with Gasteiger partial charge in [0.1, 0.15) is 30.2 Å². The first kappa shape index (κ1) is 45.6. The van der Waals surface area contributed by atoms with Crippen LogP contribution in [0.4, 0.5) is 0 Å². The molecular weight excluding hydrogens is 848 g/mol. The molecule has 2 saturated heterocycles. The lowest BCUT2D eigenvalue weighted by Gasteiger charge is -2.32. The summed E-state index contributed by atoms with van der Waals surface area (Å²) in [7, 11) is -7.86. The van der Waals surface area contributed by atoms with Gasteiger partial charge in [0.25, 0.3) is 0 Å². The minimum Gasteiger partial charge on any atom is -0.481 e. The second-order valence-electron chi connectivity index (χ2n) is 16.7. The zero-order valence-corrected chi connectivity index (χ0v) is 37.8. The van der Waals surface area contributed by atoms with E-state index in [0.717, 1.165) is 33.4 Å². The summed E-state index contributed by atoms with van der Waals surface area (Å²) in [5.74, 6) is -0.628. The van der Waals surface area contributed by atoms with Gasteiger partial charge in [-0.25, -0.2) is 8.42 Å². The molecular formula is C52H55O10PS. The molecule has 2 aliphatic heterocycles. The maximum absolute atomic E-state index is 15.6. The zero-order valence-electron chi connectivity index (χ0n) is 36.1. The highest BCUT2D eigenvalue weighted by Crippen LogP contribution is 2.50. The van der Waals surface area contributed by atoms with Crippen molar-refractivity contribution in [1.29, 1.82) is 0 Å². The first-order chi connectivity index (χ1) is 31.0. The number of hydrogen-bond acceptors (Lipinski definition) is 10. The summed E-state index contributed by atoms with van der Waals surface area (Å²) in [6.45, 7) is 4.19. The number of sulfone groups is 1. The Balaban J connectivity index is 1.09. The fourth-order valence-corrected chi connectivity index (χ4v) is 12.0. The molecule has 6 aromatic rings. The smallest absolute Gasteiger partial charge is 0.368 e. The molecule has 64 heavy (non-hydrogen) atoms. The lowest BCUT2D eigenvalue weighted by Crippen LogP contribution is -2.48. The third-order valence-electron chi connectivity index (χ3n) is 11.5. The van der Waals surface area contributed by atoms with Gasteiger partial charge in [-0.1, -0.05) is 164 Å². The minimum absolute atomic E-state index is 0.0792. The first-order valence-electron chi connectivity index (χ1n) is 21.6. The van der Waals surface area contributed by atoms with Gasteiger partial charge in [0.05, 0.1) is 36.9 Å². The van der Waals surface area contributed by atoms with E-state index in [4.69, 9.17) is 32.7 Å². The number of rotatable bonds is 19. The van der Waals surface area contributed by atoms with E-state index in [2.05, 4.69) is 0 Å². The van der Waals surface area contributed by atoms with Gasteiger partial charge in [0.15, 0.2) is 22.0 Å². The lowest BCUT2D eigenvalue weighted by molar-refractivity contribution is -0.167. The van der Waals surface area contributed by atoms with Crippen molar-refractivity contribution in [2.75, 3.05) is 6.35 Å². The lowest BCUT2D eigenvalue weighted by atomic mass is 9.94. The predicted molar refractivity (Wildman–Crippen MR) is 246 cm³/mol. The Morgan fingerprint density at radius 2 is 0.828 bits per heavy atom. The summed E-state index contributed by atoms with van der Waals surface area (Å²) in [4.78, 5) is 0. The maximum atomic E-state index is 15.6. The van der Waals surface area contributed by atoms with Gasteiger partial charge in [0.2, 0.25) is 0 Å². The van der Waals surface area contributed by atoms with E-state index in [9.17, 15) is 4.57 Å². The molecule has 6 aromatic carbocycles. The molecule has 0 spiro atoms. The molecule has 2 aliphatic rings. The van der Waals surface area contributed by atoms with E-state index in [-0.39, 0.29) is 45.6 Å². The van der Waals surface area contributed by atoms with Crippen LogP contribution in [0.5, 0.6) is 5.75 Å². The molecule has 0 N–H and O–H groups in total. The van der Waals surface area contributed by atoms with Gasteiger partial charge < -0.3 is 32.7 Å². The minimum atomic E-state index is -4.09. The Hall–Kier alpha value is -4.94. The summed E-state index contributed by atoms with van der Waals surface area (Å²) in [5, 5.41) is -2.08. The van der Waals surface area contributed by atoms with Gasteiger partial charge in [-0.05, 0) is 72.2 Å². The van der Waals surface area contributed by atoms with Gasteiger partial charge in [0, 0.05) is 0 Å². The number of benzene rings is 6. The third kappa shape index (κ3) is 11.8. The molecule has 0 unspecified atom stereocenters. The van der Waals surface area contributed by atoms with Crippen LogP contribution in [-0.2, 0) is 81.7 Å². The van der Waals surface area contributed by atoms with Crippen molar-refractivity contribution in [2.24, 2.45) is 0 Å². The fraction of sp³-hybridized carbons (Fsp3) is 0.308. The summed E-state index contributed by atoms with van der Waals surface area (Å²) >= 11 is 0. The normalized spacial score (nSPS) is 22.6. The van der Waals surface area contributed by atoms with Crippen molar-refractivity contribution in [3.63, 3.8) is 0 Å². The van der Waals surface area contributed by atoms with Crippen molar-refractivity contribution >= 4 is 17.4 Å². The Kier molecular flexibility index (Phi) is 14.9. The van der Waals surface area contributed by atoms with Crippen LogP contribution >= 0.6 is 7.60 Å². The van der Waals surface area contributed by atoms with Crippen LogP contribution < -0.4 is 4.74 Å². The average molecular weight is 903 g/mol. The Morgan fingerprint density at radius 3 is 1.22 bits per heavy atom. The molecule has 2 fully saturated rings. The molecule has 0 bridgehead atoms. The molecule has 0 saturated carbocycles. The molecule has 0 amide bonds. The van der Waals surface area contributed by atoms with Crippen molar-refractivity contribution < 1.29 is 45.7 Å². The predicted octanol–water partition coefficient (Wildman–Crippen LogP) is 10.3. The van der Waals surface area contributed by atoms with Crippen LogP contribution in [0.15, 0.2) is 176 Å². The summed E-state index contributed by atoms with van der Waals surface area (Å²) in [6, 6.07) is 55.1. The molecule has 10 nitrogen and oxygen atoms in total. The van der Waals surface area contributed by atoms with Gasteiger partial charge in [-0.3, -0.25) is 4.57 Å². The third-order valence-corrected chi connectivity index (χ3v) is 15.6. The van der Waals surface area contributed by atoms with Crippen molar-refractivity contribution in [3.05, 3.63) is 209 Å². The van der Waals surface area contributed by atoms with Crippen molar-refractivity contribution in [1.82, 2.24) is 0 Å².